The van der Waals surface area contributed by atoms with Crippen molar-refractivity contribution in [3.8, 4) is 0 Å². The molecule has 0 aliphatic carbocycles. The Bertz CT molecular complexity index is 654. The van der Waals surface area contributed by atoms with Crippen molar-refractivity contribution in [1.29, 1.82) is 0 Å². The molecule has 1 saturated heterocycles. The second-order valence-corrected chi connectivity index (χ2v) is 6.83. The number of hydrogen-bond donors (Lipinski definition) is 2. The second-order valence-electron chi connectivity index (χ2n) is 6.83. The van der Waals surface area contributed by atoms with Gasteiger partial charge >= 0.3 is 6.03 Å². The molecule has 2 N–H and O–H groups in total. The van der Waals surface area contributed by atoms with Crippen LogP contribution in [0.4, 0.5) is 4.79 Å². The number of aryl methyl sites for hydroxylation is 1. The molecular formula is C22H28N2O2. The molecule has 2 aromatic carbocycles. The Balaban J connectivity index is 1.52. The van der Waals surface area contributed by atoms with E-state index >= 15 is 0 Å². The Labute approximate surface area is 156 Å². The zero-order valence-electron chi connectivity index (χ0n) is 15.2. The summed E-state index contributed by atoms with van der Waals surface area (Å²) in [5, 5.41) is 6.10. The fourth-order valence-corrected chi connectivity index (χ4v) is 3.38. The molecule has 1 aliphatic heterocycles. The van der Waals surface area contributed by atoms with E-state index in [1.165, 1.54) is 5.56 Å². The lowest BCUT2D eigenvalue weighted by Gasteiger charge is -2.20. The molecule has 4 heteroatoms. The number of rotatable bonds is 8. The summed E-state index contributed by atoms with van der Waals surface area (Å²) in [6.07, 6.45) is 5.22. The number of hydrogen-bond acceptors (Lipinski definition) is 2. The van der Waals surface area contributed by atoms with Crippen molar-refractivity contribution in [1.82, 2.24) is 10.6 Å². The van der Waals surface area contributed by atoms with Gasteiger partial charge in [-0.1, -0.05) is 60.7 Å². The van der Waals surface area contributed by atoms with Gasteiger partial charge in [-0.15, -0.1) is 0 Å². The molecule has 26 heavy (non-hydrogen) atoms. The summed E-state index contributed by atoms with van der Waals surface area (Å²) in [5.41, 5.74) is 2.48. The first kappa shape index (κ1) is 18.5. The highest BCUT2D eigenvalue weighted by Gasteiger charge is 2.18. The third-order valence-corrected chi connectivity index (χ3v) is 4.82. The SMILES string of the molecule is O=C(NCC1CCCO1)NC(CCCc1ccccc1)c1ccccc1. The normalized spacial score (nSPS) is 17.6. The van der Waals surface area contributed by atoms with Crippen LogP contribution < -0.4 is 10.6 Å². The van der Waals surface area contributed by atoms with Crippen LogP contribution >= 0.6 is 0 Å². The average molecular weight is 352 g/mol. The highest BCUT2D eigenvalue weighted by molar-refractivity contribution is 5.74. The van der Waals surface area contributed by atoms with E-state index in [9.17, 15) is 4.79 Å². The molecule has 2 aromatic rings. The van der Waals surface area contributed by atoms with Gasteiger partial charge in [0.25, 0.3) is 0 Å². The van der Waals surface area contributed by atoms with Crippen LogP contribution in [0.3, 0.4) is 0 Å². The van der Waals surface area contributed by atoms with Crippen molar-refractivity contribution < 1.29 is 9.53 Å². The van der Waals surface area contributed by atoms with Gasteiger partial charge in [0.1, 0.15) is 0 Å². The minimum atomic E-state index is -0.117. The van der Waals surface area contributed by atoms with Crippen molar-refractivity contribution in [2.24, 2.45) is 0 Å². The zero-order valence-corrected chi connectivity index (χ0v) is 15.2. The lowest BCUT2D eigenvalue weighted by molar-refractivity contribution is 0.111. The minimum absolute atomic E-state index is 0.0180. The molecule has 1 heterocycles. The molecule has 0 saturated carbocycles. The molecule has 0 bridgehead atoms. The number of amides is 2. The van der Waals surface area contributed by atoms with Crippen LogP contribution in [-0.4, -0.2) is 25.3 Å². The number of carbonyl (C=O) groups is 1. The van der Waals surface area contributed by atoms with Gasteiger partial charge in [0.2, 0.25) is 0 Å². The molecule has 2 amide bonds. The highest BCUT2D eigenvalue weighted by atomic mass is 16.5. The topological polar surface area (TPSA) is 50.4 Å². The Morgan fingerprint density at radius 3 is 2.50 bits per heavy atom. The van der Waals surface area contributed by atoms with Gasteiger partial charge in [-0.2, -0.15) is 0 Å². The van der Waals surface area contributed by atoms with Crippen molar-refractivity contribution in [2.45, 2.75) is 44.2 Å². The van der Waals surface area contributed by atoms with Gasteiger partial charge < -0.3 is 15.4 Å². The van der Waals surface area contributed by atoms with E-state index in [1.54, 1.807) is 0 Å². The lowest BCUT2D eigenvalue weighted by Crippen LogP contribution is -2.41. The van der Waals surface area contributed by atoms with Crippen molar-refractivity contribution in [3.63, 3.8) is 0 Å². The van der Waals surface area contributed by atoms with Gasteiger partial charge in [-0.05, 0) is 43.2 Å². The Hall–Kier alpha value is -2.33. The summed E-state index contributed by atoms with van der Waals surface area (Å²) in [4.78, 5) is 12.3. The maximum absolute atomic E-state index is 12.3. The molecule has 4 nitrogen and oxygen atoms in total. The molecular weight excluding hydrogens is 324 g/mol. The van der Waals surface area contributed by atoms with Crippen molar-refractivity contribution in [3.05, 3.63) is 71.8 Å². The summed E-state index contributed by atoms with van der Waals surface area (Å²) < 4.78 is 5.56. The van der Waals surface area contributed by atoms with E-state index in [0.717, 1.165) is 44.3 Å². The standard InChI is InChI=1S/C22H28N2O2/c25-22(23-17-20-14-8-16-26-20)24-21(19-12-5-2-6-13-19)15-7-11-18-9-3-1-4-10-18/h1-6,9-10,12-13,20-21H,7-8,11,14-17H2,(H2,23,24,25). The van der Waals surface area contributed by atoms with E-state index in [4.69, 9.17) is 4.74 Å². The quantitative estimate of drug-likeness (QED) is 0.747. The fraction of sp³-hybridized carbons (Fsp3) is 0.409. The first-order chi connectivity index (χ1) is 12.8. The number of nitrogens with one attached hydrogen (secondary N) is 2. The monoisotopic (exact) mass is 352 g/mol. The Morgan fingerprint density at radius 2 is 1.81 bits per heavy atom. The predicted octanol–water partition coefficient (Wildman–Crippen LogP) is 4.23. The van der Waals surface area contributed by atoms with E-state index in [1.807, 2.05) is 24.3 Å². The molecule has 0 aromatic heterocycles. The summed E-state index contributed by atoms with van der Waals surface area (Å²) in [5.74, 6) is 0. The van der Waals surface area contributed by atoms with Crippen LogP contribution in [0.5, 0.6) is 0 Å². The second kappa shape index (κ2) is 9.97. The van der Waals surface area contributed by atoms with Crippen LogP contribution in [0, 0.1) is 0 Å². The smallest absolute Gasteiger partial charge is 0.315 e. The molecule has 1 fully saturated rings. The summed E-state index contributed by atoms with van der Waals surface area (Å²) >= 11 is 0. The largest absolute Gasteiger partial charge is 0.376 e. The number of benzene rings is 2. The Kier molecular flexibility index (Phi) is 7.08. The summed E-state index contributed by atoms with van der Waals surface area (Å²) in [6.45, 7) is 1.39. The number of carbonyl (C=O) groups excluding carboxylic acids is 1. The average Bonchev–Trinajstić information content (AvgIpc) is 3.21. The summed E-state index contributed by atoms with van der Waals surface area (Å²) in [7, 11) is 0. The van der Waals surface area contributed by atoms with Crippen LogP contribution in [0.2, 0.25) is 0 Å². The van der Waals surface area contributed by atoms with Crippen LogP contribution in [0.15, 0.2) is 60.7 Å². The summed E-state index contributed by atoms with van der Waals surface area (Å²) in [6, 6.07) is 20.6. The number of urea groups is 1. The van der Waals surface area contributed by atoms with Crippen molar-refractivity contribution in [2.75, 3.05) is 13.2 Å². The van der Waals surface area contributed by atoms with Crippen LogP contribution in [0.25, 0.3) is 0 Å². The van der Waals surface area contributed by atoms with Gasteiger partial charge in [-0.25, -0.2) is 4.79 Å². The van der Waals surface area contributed by atoms with Gasteiger partial charge in [-0.3, -0.25) is 0 Å². The van der Waals surface area contributed by atoms with Gasteiger partial charge in [0.15, 0.2) is 0 Å². The molecule has 3 rings (SSSR count). The van der Waals surface area contributed by atoms with Crippen LogP contribution in [-0.2, 0) is 11.2 Å². The third-order valence-electron chi connectivity index (χ3n) is 4.82. The first-order valence-electron chi connectivity index (χ1n) is 9.56. The molecule has 1 aliphatic rings. The fourth-order valence-electron chi connectivity index (χ4n) is 3.38. The molecule has 2 unspecified atom stereocenters. The zero-order chi connectivity index (χ0) is 18.0. The van der Waals surface area contributed by atoms with E-state index < -0.39 is 0 Å². The maximum atomic E-state index is 12.3. The number of ether oxygens (including phenoxy) is 1. The van der Waals surface area contributed by atoms with E-state index in [-0.39, 0.29) is 18.2 Å². The van der Waals surface area contributed by atoms with Crippen LogP contribution in [0.1, 0.15) is 42.9 Å². The molecule has 2 atom stereocenters. The first-order valence-corrected chi connectivity index (χ1v) is 9.56. The highest BCUT2D eigenvalue weighted by Crippen LogP contribution is 2.20. The van der Waals surface area contributed by atoms with Gasteiger partial charge in [0, 0.05) is 13.2 Å². The molecule has 0 spiro atoms. The maximum Gasteiger partial charge on any atom is 0.315 e. The third kappa shape index (κ3) is 5.88. The van der Waals surface area contributed by atoms with Gasteiger partial charge in [0.05, 0.1) is 12.1 Å². The lowest BCUT2D eigenvalue weighted by atomic mass is 9.99. The molecule has 138 valence electrons. The van der Waals surface area contributed by atoms with E-state index in [0.29, 0.717) is 6.54 Å². The Morgan fingerprint density at radius 1 is 1.08 bits per heavy atom. The predicted molar refractivity (Wildman–Crippen MR) is 104 cm³/mol. The minimum Gasteiger partial charge on any atom is -0.376 e. The molecule has 0 radical (unpaired) electrons. The van der Waals surface area contributed by atoms with Crippen molar-refractivity contribution >= 4 is 6.03 Å². The van der Waals surface area contributed by atoms with E-state index in [2.05, 4.69) is 47.0 Å².